The van der Waals surface area contributed by atoms with Gasteiger partial charge in [0.05, 0.1) is 6.10 Å². The third kappa shape index (κ3) is 3.35. The highest BCUT2D eigenvalue weighted by Gasteiger charge is 2.27. The zero-order valence-electron chi connectivity index (χ0n) is 8.67. The van der Waals surface area contributed by atoms with E-state index in [2.05, 4.69) is 19.2 Å². The van der Waals surface area contributed by atoms with E-state index >= 15 is 0 Å². The minimum atomic E-state index is -0.200. The molecular weight excluding hydrogens is 166 g/mol. The van der Waals surface area contributed by atoms with E-state index in [-0.39, 0.29) is 18.1 Å². The average molecular weight is 185 g/mol. The Morgan fingerprint density at radius 1 is 1.54 bits per heavy atom. The molecule has 2 atom stereocenters. The van der Waals surface area contributed by atoms with Gasteiger partial charge >= 0.3 is 0 Å². The van der Waals surface area contributed by atoms with E-state index in [1.54, 1.807) is 0 Å². The number of hydrogen-bond donors (Lipinski definition) is 1. The second-order valence-corrected chi connectivity index (χ2v) is 4.15. The fraction of sp³-hybridized carbons (Fsp3) is 0.900. The van der Waals surface area contributed by atoms with E-state index in [1.807, 2.05) is 6.92 Å². The summed E-state index contributed by atoms with van der Waals surface area (Å²) in [7, 11) is 0. The van der Waals surface area contributed by atoms with Crippen molar-refractivity contribution in [3.8, 4) is 0 Å². The highest BCUT2D eigenvalue weighted by atomic mass is 16.5. The Kier molecular flexibility index (Phi) is 3.72. The van der Waals surface area contributed by atoms with Gasteiger partial charge in [-0.3, -0.25) is 4.79 Å². The van der Waals surface area contributed by atoms with E-state index in [9.17, 15) is 4.79 Å². The first-order valence-electron chi connectivity index (χ1n) is 5.02. The van der Waals surface area contributed by atoms with Crippen molar-refractivity contribution in [1.82, 2.24) is 5.32 Å². The van der Waals surface area contributed by atoms with Gasteiger partial charge in [-0.05, 0) is 25.7 Å². The van der Waals surface area contributed by atoms with Crippen LogP contribution in [0.3, 0.4) is 0 Å². The highest BCUT2D eigenvalue weighted by molar-refractivity contribution is 5.80. The van der Waals surface area contributed by atoms with Gasteiger partial charge in [0.25, 0.3) is 0 Å². The molecule has 1 heterocycles. The summed E-state index contributed by atoms with van der Waals surface area (Å²) in [6.45, 7) is 6.92. The highest BCUT2D eigenvalue weighted by Crippen LogP contribution is 2.18. The first kappa shape index (κ1) is 10.5. The minimum absolute atomic E-state index is 0.0538. The molecule has 0 saturated carbocycles. The van der Waals surface area contributed by atoms with Crippen LogP contribution in [0, 0.1) is 5.92 Å². The Bertz CT molecular complexity index is 180. The molecular formula is C10H19NO2. The molecule has 3 nitrogen and oxygen atoms in total. The van der Waals surface area contributed by atoms with Gasteiger partial charge in [-0.2, -0.15) is 0 Å². The first-order chi connectivity index (χ1) is 6.09. The predicted octanol–water partition coefficient (Wildman–Crippen LogP) is 1.33. The zero-order chi connectivity index (χ0) is 9.84. The molecule has 0 radical (unpaired) electrons. The van der Waals surface area contributed by atoms with Crippen LogP contribution >= 0.6 is 0 Å². The van der Waals surface area contributed by atoms with Gasteiger partial charge in [-0.1, -0.05) is 13.8 Å². The SMILES string of the molecule is CC(C)CNC(=O)C1CCC(C)O1. The standard InChI is InChI=1S/C10H19NO2/c1-7(2)6-11-10(12)9-5-4-8(3)13-9/h7-9H,4-6H2,1-3H3,(H,11,12). The van der Waals surface area contributed by atoms with Gasteiger partial charge in [-0.25, -0.2) is 0 Å². The average Bonchev–Trinajstić information content (AvgIpc) is 2.47. The maximum atomic E-state index is 11.5. The Balaban J connectivity index is 2.24. The molecule has 0 aromatic heterocycles. The number of rotatable bonds is 3. The summed E-state index contributed by atoms with van der Waals surface area (Å²) in [4.78, 5) is 11.5. The van der Waals surface area contributed by atoms with Crippen LogP contribution in [0.25, 0.3) is 0 Å². The first-order valence-corrected chi connectivity index (χ1v) is 5.02. The van der Waals surface area contributed by atoms with Gasteiger partial charge in [0.1, 0.15) is 6.10 Å². The zero-order valence-corrected chi connectivity index (χ0v) is 8.67. The summed E-state index contributed by atoms with van der Waals surface area (Å²) in [6.07, 6.45) is 1.91. The van der Waals surface area contributed by atoms with E-state index in [1.165, 1.54) is 0 Å². The molecule has 1 fully saturated rings. The minimum Gasteiger partial charge on any atom is -0.365 e. The van der Waals surface area contributed by atoms with Crippen LogP contribution in [-0.4, -0.2) is 24.7 Å². The topological polar surface area (TPSA) is 38.3 Å². The second-order valence-electron chi connectivity index (χ2n) is 4.15. The van der Waals surface area contributed by atoms with Gasteiger partial charge in [0.15, 0.2) is 0 Å². The molecule has 0 aromatic carbocycles. The van der Waals surface area contributed by atoms with Crippen LogP contribution in [0.15, 0.2) is 0 Å². The van der Waals surface area contributed by atoms with E-state index in [0.29, 0.717) is 5.92 Å². The predicted molar refractivity (Wildman–Crippen MR) is 51.4 cm³/mol. The van der Waals surface area contributed by atoms with Crippen LogP contribution in [0.1, 0.15) is 33.6 Å². The molecule has 76 valence electrons. The summed E-state index contributed by atoms with van der Waals surface area (Å²) in [5, 5.41) is 2.88. The number of amides is 1. The Labute approximate surface area is 79.8 Å². The van der Waals surface area contributed by atoms with Gasteiger partial charge in [0.2, 0.25) is 5.91 Å². The van der Waals surface area contributed by atoms with Crippen LogP contribution in [0.2, 0.25) is 0 Å². The quantitative estimate of drug-likeness (QED) is 0.720. The normalized spacial score (nSPS) is 28.0. The molecule has 1 aliphatic heterocycles. The molecule has 1 saturated heterocycles. The summed E-state index contributed by atoms with van der Waals surface area (Å²) in [5.74, 6) is 0.556. The Morgan fingerprint density at radius 3 is 2.69 bits per heavy atom. The van der Waals surface area contributed by atoms with Crippen molar-refractivity contribution in [3.63, 3.8) is 0 Å². The molecule has 1 amide bonds. The maximum Gasteiger partial charge on any atom is 0.249 e. The lowest BCUT2D eigenvalue weighted by Crippen LogP contribution is -2.36. The van der Waals surface area contributed by atoms with Crippen molar-refractivity contribution in [3.05, 3.63) is 0 Å². The van der Waals surface area contributed by atoms with Gasteiger partial charge < -0.3 is 10.1 Å². The van der Waals surface area contributed by atoms with Crippen molar-refractivity contribution in [2.45, 2.75) is 45.8 Å². The molecule has 1 rings (SSSR count). The van der Waals surface area contributed by atoms with E-state index in [4.69, 9.17) is 4.74 Å². The van der Waals surface area contributed by atoms with Gasteiger partial charge in [-0.15, -0.1) is 0 Å². The second kappa shape index (κ2) is 4.61. The van der Waals surface area contributed by atoms with E-state index in [0.717, 1.165) is 19.4 Å². The molecule has 13 heavy (non-hydrogen) atoms. The fourth-order valence-electron chi connectivity index (χ4n) is 1.41. The molecule has 0 bridgehead atoms. The van der Waals surface area contributed by atoms with Crippen molar-refractivity contribution < 1.29 is 9.53 Å². The monoisotopic (exact) mass is 185 g/mol. The molecule has 1 N–H and O–H groups in total. The third-order valence-corrected chi connectivity index (χ3v) is 2.21. The smallest absolute Gasteiger partial charge is 0.249 e. The number of carbonyl (C=O) groups is 1. The number of nitrogens with one attached hydrogen (secondary N) is 1. The van der Waals surface area contributed by atoms with Crippen LogP contribution in [0.4, 0.5) is 0 Å². The van der Waals surface area contributed by atoms with Crippen LogP contribution < -0.4 is 5.32 Å². The number of ether oxygens (including phenoxy) is 1. The third-order valence-electron chi connectivity index (χ3n) is 2.21. The van der Waals surface area contributed by atoms with Gasteiger partial charge in [0, 0.05) is 6.54 Å². The largest absolute Gasteiger partial charge is 0.365 e. The Morgan fingerprint density at radius 2 is 2.23 bits per heavy atom. The lowest BCUT2D eigenvalue weighted by molar-refractivity contribution is -0.131. The summed E-state index contributed by atoms with van der Waals surface area (Å²) < 4.78 is 5.44. The van der Waals surface area contributed by atoms with Crippen molar-refractivity contribution in [2.24, 2.45) is 5.92 Å². The van der Waals surface area contributed by atoms with Crippen LogP contribution in [-0.2, 0) is 9.53 Å². The van der Waals surface area contributed by atoms with Crippen molar-refractivity contribution in [2.75, 3.05) is 6.54 Å². The maximum absolute atomic E-state index is 11.5. The molecule has 2 unspecified atom stereocenters. The molecule has 0 spiro atoms. The fourth-order valence-corrected chi connectivity index (χ4v) is 1.41. The molecule has 0 aliphatic carbocycles. The number of hydrogen-bond acceptors (Lipinski definition) is 2. The summed E-state index contributed by atoms with van der Waals surface area (Å²) in [6, 6.07) is 0. The molecule has 3 heteroatoms. The van der Waals surface area contributed by atoms with Crippen molar-refractivity contribution >= 4 is 5.91 Å². The lowest BCUT2D eigenvalue weighted by Gasteiger charge is -2.12. The lowest BCUT2D eigenvalue weighted by atomic mass is 10.2. The van der Waals surface area contributed by atoms with E-state index < -0.39 is 0 Å². The summed E-state index contributed by atoms with van der Waals surface area (Å²) in [5.41, 5.74) is 0. The Hall–Kier alpha value is -0.570. The molecule has 1 aliphatic rings. The number of carbonyl (C=O) groups excluding carboxylic acids is 1. The van der Waals surface area contributed by atoms with Crippen molar-refractivity contribution in [1.29, 1.82) is 0 Å². The summed E-state index contributed by atoms with van der Waals surface area (Å²) >= 11 is 0. The molecule has 0 aromatic rings. The van der Waals surface area contributed by atoms with Crippen LogP contribution in [0.5, 0.6) is 0 Å².